The maximum Gasteiger partial charge on any atom is 0.282 e. The third-order valence-electron chi connectivity index (χ3n) is 5.93. The number of nitrogens with zero attached hydrogens (tertiary/aromatic N) is 3. The SMILES string of the molecule is N#CCCNC(=O)CCCSc1nc2c(c(=O)n1-c1ccc(OCC3CCC3)cc1)NCC2. The summed E-state index contributed by atoms with van der Waals surface area (Å²) in [4.78, 5) is 29.9. The number of fused-ring (bicyclic) bond motifs is 1. The summed E-state index contributed by atoms with van der Waals surface area (Å²) in [6.07, 6.45) is 5.84. The summed E-state index contributed by atoms with van der Waals surface area (Å²) in [5, 5.41) is 15.1. The zero-order valence-electron chi connectivity index (χ0n) is 18.6. The molecule has 174 valence electrons. The zero-order chi connectivity index (χ0) is 23.0. The molecule has 2 heterocycles. The van der Waals surface area contributed by atoms with Crippen LogP contribution in [0, 0.1) is 17.2 Å². The van der Waals surface area contributed by atoms with E-state index < -0.39 is 0 Å². The fourth-order valence-corrected chi connectivity index (χ4v) is 4.80. The van der Waals surface area contributed by atoms with E-state index in [0.29, 0.717) is 54.9 Å². The van der Waals surface area contributed by atoms with Gasteiger partial charge in [0, 0.05) is 31.7 Å². The summed E-state index contributed by atoms with van der Waals surface area (Å²) < 4.78 is 7.54. The fraction of sp³-hybridized carbons (Fsp3) is 0.500. The molecule has 0 unspecified atom stereocenters. The molecular formula is C24H29N5O3S. The first-order valence-corrected chi connectivity index (χ1v) is 12.5. The van der Waals surface area contributed by atoms with E-state index in [0.717, 1.165) is 30.2 Å². The number of aromatic nitrogens is 2. The molecule has 4 rings (SSSR count). The van der Waals surface area contributed by atoms with Gasteiger partial charge < -0.3 is 15.4 Å². The summed E-state index contributed by atoms with van der Waals surface area (Å²) in [6, 6.07) is 9.61. The van der Waals surface area contributed by atoms with Crippen LogP contribution >= 0.6 is 11.8 Å². The Morgan fingerprint density at radius 3 is 2.88 bits per heavy atom. The van der Waals surface area contributed by atoms with Crippen molar-refractivity contribution in [2.24, 2.45) is 5.92 Å². The van der Waals surface area contributed by atoms with Gasteiger partial charge in [0.15, 0.2) is 5.16 Å². The van der Waals surface area contributed by atoms with Gasteiger partial charge in [0.05, 0.1) is 30.5 Å². The van der Waals surface area contributed by atoms with E-state index in [-0.39, 0.29) is 11.5 Å². The molecule has 33 heavy (non-hydrogen) atoms. The van der Waals surface area contributed by atoms with Crippen LogP contribution in [0.4, 0.5) is 5.69 Å². The molecule has 8 nitrogen and oxygen atoms in total. The van der Waals surface area contributed by atoms with Crippen LogP contribution in [0.25, 0.3) is 5.69 Å². The number of hydrogen-bond donors (Lipinski definition) is 2. The summed E-state index contributed by atoms with van der Waals surface area (Å²) >= 11 is 1.48. The number of rotatable bonds is 11. The zero-order valence-corrected chi connectivity index (χ0v) is 19.5. The molecule has 1 aliphatic heterocycles. The minimum atomic E-state index is -0.0996. The molecule has 2 aromatic rings. The van der Waals surface area contributed by atoms with Crippen LogP contribution < -0.4 is 20.9 Å². The molecule has 0 bridgehead atoms. The Balaban J connectivity index is 1.43. The molecule has 1 amide bonds. The normalized spacial score (nSPS) is 14.6. The first-order chi connectivity index (χ1) is 16.2. The molecule has 0 spiro atoms. The van der Waals surface area contributed by atoms with Crippen LogP contribution in [-0.4, -0.2) is 40.9 Å². The van der Waals surface area contributed by atoms with Gasteiger partial charge in [0.2, 0.25) is 5.91 Å². The second-order valence-corrected chi connectivity index (χ2v) is 9.41. The highest BCUT2D eigenvalue weighted by molar-refractivity contribution is 7.99. The Kier molecular flexibility index (Phi) is 7.89. The van der Waals surface area contributed by atoms with Crippen LogP contribution in [0.1, 0.15) is 44.2 Å². The highest BCUT2D eigenvalue weighted by atomic mass is 32.2. The molecule has 0 atom stereocenters. The van der Waals surface area contributed by atoms with Crippen LogP contribution in [0.5, 0.6) is 5.75 Å². The number of amides is 1. The second kappa shape index (κ2) is 11.2. The maximum atomic E-state index is 13.2. The largest absolute Gasteiger partial charge is 0.493 e. The van der Waals surface area contributed by atoms with Gasteiger partial charge in [-0.2, -0.15) is 5.26 Å². The van der Waals surface area contributed by atoms with Crippen molar-refractivity contribution in [3.8, 4) is 17.5 Å². The second-order valence-electron chi connectivity index (χ2n) is 8.35. The lowest BCUT2D eigenvalue weighted by Crippen LogP contribution is -2.25. The molecule has 1 aromatic heterocycles. The lowest BCUT2D eigenvalue weighted by Gasteiger charge is -2.25. The summed E-state index contributed by atoms with van der Waals surface area (Å²) in [5.41, 5.74) is 2.02. The van der Waals surface area contributed by atoms with E-state index in [1.807, 2.05) is 30.3 Å². The number of anilines is 1. The predicted octanol–water partition coefficient (Wildman–Crippen LogP) is 3.28. The lowest BCUT2D eigenvalue weighted by atomic mass is 9.86. The minimum absolute atomic E-state index is 0.0631. The molecule has 1 aromatic carbocycles. The third kappa shape index (κ3) is 5.88. The van der Waals surface area contributed by atoms with Gasteiger partial charge in [0.1, 0.15) is 11.4 Å². The molecule has 0 saturated heterocycles. The highest BCUT2D eigenvalue weighted by Gasteiger charge is 2.22. The Labute approximate surface area is 197 Å². The average molecular weight is 468 g/mol. The van der Waals surface area contributed by atoms with Crippen molar-refractivity contribution in [2.45, 2.75) is 50.1 Å². The molecular weight excluding hydrogens is 438 g/mol. The third-order valence-corrected chi connectivity index (χ3v) is 6.96. The fourth-order valence-electron chi connectivity index (χ4n) is 3.84. The monoisotopic (exact) mass is 467 g/mol. The molecule has 0 radical (unpaired) electrons. The topological polar surface area (TPSA) is 109 Å². The van der Waals surface area contributed by atoms with Crippen molar-refractivity contribution in [1.82, 2.24) is 14.9 Å². The van der Waals surface area contributed by atoms with Gasteiger partial charge in [-0.05, 0) is 49.4 Å². The van der Waals surface area contributed by atoms with Crippen LogP contribution in [0.2, 0.25) is 0 Å². The number of carbonyl (C=O) groups is 1. The Morgan fingerprint density at radius 1 is 1.33 bits per heavy atom. The Morgan fingerprint density at radius 2 is 2.15 bits per heavy atom. The Hall–Kier alpha value is -2.99. The van der Waals surface area contributed by atoms with Crippen molar-refractivity contribution in [3.05, 3.63) is 40.3 Å². The predicted molar refractivity (Wildman–Crippen MR) is 128 cm³/mol. The molecule has 2 aliphatic rings. The molecule has 9 heteroatoms. The Bertz CT molecular complexity index is 1070. The van der Waals surface area contributed by atoms with Gasteiger partial charge in [-0.25, -0.2) is 4.98 Å². The van der Waals surface area contributed by atoms with Gasteiger partial charge in [-0.1, -0.05) is 18.2 Å². The number of nitriles is 1. The van der Waals surface area contributed by atoms with E-state index in [4.69, 9.17) is 15.0 Å². The summed E-state index contributed by atoms with van der Waals surface area (Å²) in [6.45, 7) is 1.83. The number of hydrogen-bond acceptors (Lipinski definition) is 7. The summed E-state index contributed by atoms with van der Waals surface area (Å²) in [5.74, 6) is 2.07. The smallest absolute Gasteiger partial charge is 0.282 e. The van der Waals surface area contributed by atoms with E-state index >= 15 is 0 Å². The number of thioether (sulfide) groups is 1. The number of nitrogens with one attached hydrogen (secondary N) is 2. The number of ether oxygens (including phenoxy) is 1. The first kappa shape index (κ1) is 23.2. The van der Waals surface area contributed by atoms with Gasteiger partial charge in [-0.15, -0.1) is 0 Å². The first-order valence-electron chi connectivity index (χ1n) is 11.5. The van der Waals surface area contributed by atoms with Crippen LogP contribution in [0.15, 0.2) is 34.2 Å². The lowest BCUT2D eigenvalue weighted by molar-refractivity contribution is -0.121. The van der Waals surface area contributed by atoms with Crippen LogP contribution in [0.3, 0.4) is 0 Å². The van der Waals surface area contributed by atoms with E-state index in [1.165, 1.54) is 31.0 Å². The van der Waals surface area contributed by atoms with Crippen molar-refractivity contribution >= 4 is 23.4 Å². The molecule has 1 saturated carbocycles. The molecule has 1 fully saturated rings. The quantitative estimate of drug-likeness (QED) is 0.296. The average Bonchev–Trinajstić information content (AvgIpc) is 3.26. The van der Waals surface area contributed by atoms with Crippen molar-refractivity contribution in [3.63, 3.8) is 0 Å². The number of carbonyl (C=O) groups excluding carboxylic acids is 1. The van der Waals surface area contributed by atoms with Gasteiger partial charge >= 0.3 is 0 Å². The highest BCUT2D eigenvalue weighted by Crippen LogP contribution is 2.28. The molecule has 1 aliphatic carbocycles. The van der Waals surface area contributed by atoms with Crippen molar-refractivity contribution in [1.29, 1.82) is 5.26 Å². The van der Waals surface area contributed by atoms with E-state index in [9.17, 15) is 9.59 Å². The van der Waals surface area contributed by atoms with Crippen molar-refractivity contribution in [2.75, 3.05) is 30.8 Å². The maximum absolute atomic E-state index is 13.2. The van der Waals surface area contributed by atoms with Crippen molar-refractivity contribution < 1.29 is 9.53 Å². The number of benzene rings is 1. The van der Waals surface area contributed by atoms with E-state index in [1.54, 1.807) is 4.57 Å². The summed E-state index contributed by atoms with van der Waals surface area (Å²) in [7, 11) is 0. The van der Waals surface area contributed by atoms with Gasteiger partial charge in [-0.3, -0.25) is 14.2 Å². The minimum Gasteiger partial charge on any atom is -0.493 e. The van der Waals surface area contributed by atoms with Gasteiger partial charge in [0.25, 0.3) is 5.56 Å². The molecule has 2 N–H and O–H groups in total. The van der Waals surface area contributed by atoms with E-state index in [2.05, 4.69) is 10.6 Å². The standard InChI is InChI=1S/C24H29N5O3S/c25-12-3-13-26-21(30)6-2-15-33-24-28-20-11-14-27-22(20)23(31)29(24)18-7-9-19(10-8-18)32-16-17-4-1-5-17/h7-10,17,27H,1-6,11,13-16H2,(H,26,30). The van der Waals surface area contributed by atoms with Crippen LogP contribution in [-0.2, 0) is 11.2 Å².